The van der Waals surface area contributed by atoms with Crippen LogP contribution in [0.3, 0.4) is 0 Å². The fraction of sp³-hybridized carbons (Fsp3) is 0.444. The summed E-state index contributed by atoms with van der Waals surface area (Å²) in [7, 11) is 0. The van der Waals surface area contributed by atoms with E-state index in [2.05, 4.69) is 25.9 Å². The fourth-order valence-corrected chi connectivity index (χ4v) is 1.64. The number of aromatic nitrogens is 2. The van der Waals surface area contributed by atoms with Crippen LogP contribution in [0, 0.1) is 0 Å². The molecule has 0 unspecified atom stereocenters. The molecular weight excluding hydrogens is 260 g/mol. The molecule has 6 heteroatoms. The minimum Gasteiger partial charge on any atom is -0.368 e. The van der Waals surface area contributed by atoms with Gasteiger partial charge in [0.2, 0.25) is 5.91 Å². The van der Waals surface area contributed by atoms with Crippen LogP contribution in [0.2, 0.25) is 0 Å². The van der Waals surface area contributed by atoms with Crippen molar-refractivity contribution >= 4 is 27.7 Å². The van der Waals surface area contributed by atoms with E-state index in [0.717, 1.165) is 4.47 Å². The van der Waals surface area contributed by atoms with E-state index >= 15 is 0 Å². The SMILES string of the molecule is CC(C)N(CC(N)=O)c1ncncc1Br. The number of rotatable bonds is 4. The molecule has 0 atom stereocenters. The zero-order valence-corrected chi connectivity index (χ0v) is 10.2. The third kappa shape index (κ3) is 3.16. The van der Waals surface area contributed by atoms with Gasteiger partial charge in [0.1, 0.15) is 12.1 Å². The highest BCUT2D eigenvalue weighted by Crippen LogP contribution is 2.23. The molecule has 1 aromatic heterocycles. The maximum absolute atomic E-state index is 10.9. The van der Waals surface area contributed by atoms with E-state index in [1.54, 1.807) is 6.20 Å². The Bertz CT molecular complexity index is 356. The monoisotopic (exact) mass is 272 g/mol. The molecule has 0 saturated carbocycles. The second-order valence-corrected chi connectivity index (χ2v) is 4.24. The summed E-state index contributed by atoms with van der Waals surface area (Å²) >= 11 is 3.34. The van der Waals surface area contributed by atoms with E-state index in [0.29, 0.717) is 5.82 Å². The van der Waals surface area contributed by atoms with Crippen LogP contribution in [0.15, 0.2) is 17.0 Å². The lowest BCUT2D eigenvalue weighted by Crippen LogP contribution is -2.39. The van der Waals surface area contributed by atoms with Crippen molar-refractivity contribution in [3.63, 3.8) is 0 Å². The lowest BCUT2D eigenvalue weighted by molar-refractivity contribution is -0.116. The molecule has 0 aliphatic heterocycles. The number of carbonyl (C=O) groups is 1. The number of hydrogen-bond donors (Lipinski definition) is 1. The van der Waals surface area contributed by atoms with Gasteiger partial charge in [0.05, 0.1) is 11.0 Å². The van der Waals surface area contributed by atoms with Crippen molar-refractivity contribution in [1.82, 2.24) is 9.97 Å². The standard InChI is InChI=1S/C9H13BrN4O/c1-6(2)14(4-8(11)15)9-7(10)3-12-5-13-9/h3,5-6H,4H2,1-2H3,(H2,11,15). The van der Waals surface area contributed by atoms with E-state index in [4.69, 9.17) is 5.73 Å². The van der Waals surface area contributed by atoms with Crippen molar-refractivity contribution in [3.8, 4) is 0 Å². The van der Waals surface area contributed by atoms with Crippen molar-refractivity contribution in [2.75, 3.05) is 11.4 Å². The summed E-state index contributed by atoms with van der Waals surface area (Å²) in [6.45, 7) is 4.09. The third-order valence-corrected chi connectivity index (χ3v) is 2.43. The summed E-state index contributed by atoms with van der Waals surface area (Å²) in [6, 6.07) is 0.142. The Morgan fingerprint density at radius 1 is 1.67 bits per heavy atom. The van der Waals surface area contributed by atoms with Gasteiger partial charge in [-0.15, -0.1) is 0 Å². The summed E-state index contributed by atoms with van der Waals surface area (Å²) in [5.41, 5.74) is 5.18. The number of halogens is 1. The van der Waals surface area contributed by atoms with Crippen molar-refractivity contribution in [2.24, 2.45) is 5.73 Å². The zero-order valence-electron chi connectivity index (χ0n) is 8.64. The summed E-state index contributed by atoms with van der Waals surface area (Å²) < 4.78 is 0.750. The van der Waals surface area contributed by atoms with Crippen LogP contribution in [-0.2, 0) is 4.79 Å². The Kier molecular flexibility index (Phi) is 4.02. The largest absolute Gasteiger partial charge is 0.368 e. The van der Waals surface area contributed by atoms with Crippen LogP contribution >= 0.6 is 15.9 Å². The average Bonchev–Trinajstić information content (AvgIpc) is 2.15. The van der Waals surface area contributed by atoms with E-state index in [1.165, 1.54) is 6.33 Å². The molecule has 1 amide bonds. The highest BCUT2D eigenvalue weighted by atomic mass is 79.9. The van der Waals surface area contributed by atoms with Gasteiger partial charge >= 0.3 is 0 Å². The van der Waals surface area contributed by atoms with Gasteiger partial charge in [-0.25, -0.2) is 9.97 Å². The Hall–Kier alpha value is -1.17. The maximum atomic E-state index is 10.9. The second-order valence-electron chi connectivity index (χ2n) is 3.38. The molecule has 0 aliphatic rings. The number of anilines is 1. The molecule has 5 nitrogen and oxygen atoms in total. The Balaban J connectivity index is 2.99. The molecule has 0 aliphatic carbocycles. The number of nitrogens with two attached hydrogens (primary N) is 1. The van der Waals surface area contributed by atoms with Crippen molar-refractivity contribution < 1.29 is 4.79 Å². The minimum absolute atomic E-state index is 0.142. The minimum atomic E-state index is -0.380. The van der Waals surface area contributed by atoms with Crippen LogP contribution in [0.1, 0.15) is 13.8 Å². The molecule has 0 bridgehead atoms. The molecule has 0 fully saturated rings. The van der Waals surface area contributed by atoms with Crippen LogP contribution in [-0.4, -0.2) is 28.5 Å². The molecule has 0 spiro atoms. The van der Waals surface area contributed by atoms with Crippen LogP contribution in [0.5, 0.6) is 0 Å². The van der Waals surface area contributed by atoms with E-state index in [1.807, 2.05) is 18.7 Å². The lowest BCUT2D eigenvalue weighted by atomic mass is 10.3. The summed E-state index contributed by atoms with van der Waals surface area (Å²) in [4.78, 5) is 20.7. The Morgan fingerprint density at radius 2 is 2.33 bits per heavy atom. The van der Waals surface area contributed by atoms with E-state index in [-0.39, 0.29) is 18.5 Å². The first-order valence-corrected chi connectivity index (χ1v) is 5.32. The molecule has 0 radical (unpaired) electrons. The van der Waals surface area contributed by atoms with Gasteiger partial charge in [-0.1, -0.05) is 0 Å². The molecule has 15 heavy (non-hydrogen) atoms. The molecule has 2 N–H and O–H groups in total. The quantitative estimate of drug-likeness (QED) is 0.886. The Labute approximate surface area is 96.8 Å². The normalized spacial score (nSPS) is 10.4. The number of hydrogen-bond acceptors (Lipinski definition) is 4. The van der Waals surface area contributed by atoms with Crippen molar-refractivity contribution in [3.05, 3.63) is 17.0 Å². The Morgan fingerprint density at radius 3 is 2.80 bits per heavy atom. The first-order chi connectivity index (χ1) is 7.02. The zero-order chi connectivity index (χ0) is 11.4. The first-order valence-electron chi connectivity index (χ1n) is 4.52. The molecule has 1 aromatic rings. The second kappa shape index (κ2) is 5.06. The van der Waals surface area contributed by atoms with E-state index in [9.17, 15) is 4.79 Å². The van der Waals surface area contributed by atoms with Gasteiger partial charge in [-0.3, -0.25) is 4.79 Å². The summed E-state index contributed by atoms with van der Waals surface area (Å²) in [6.07, 6.45) is 3.08. The van der Waals surface area contributed by atoms with Gasteiger partial charge in [0.15, 0.2) is 0 Å². The van der Waals surface area contributed by atoms with Gasteiger partial charge in [-0.05, 0) is 29.8 Å². The maximum Gasteiger partial charge on any atom is 0.237 e. The highest BCUT2D eigenvalue weighted by Gasteiger charge is 2.16. The molecule has 0 saturated heterocycles. The van der Waals surface area contributed by atoms with Crippen molar-refractivity contribution in [2.45, 2.75) is 19.9 Å². The lowest BCUT2D eigenvalue weighted by Gasteiger charge is -2.26. The van der Waals surface area contributed by atoms with E-state index < -0.39 is 0 Å². The molecular formula is C9H13BrN4O. The van der Waals surface area contributed by atoms with Gasteiger partial charge in [0, 0.05) is 12.2 Å². The smallest absolute Gasteiger partial charge is 0.237 e. The van der Waals surface area contributed by atoms with Gasteiger partial charge in [0.25, 0.3) is 0 Å². The van der Waals surface area contributed by atoms with Crippen LogP contribution in [0.25, 0.3) is 0 Å². The fourth-order valence-electron chi connectivity index (χ4n) is 1.19. The third-order valence-electron chi connectivity index (χ3n) is 1.87. The number of amides is 1. The molecule has 82 valence electrons. The average molecular weight is 273 g/mol. The number of primary amides is 1. The predicted molar refractivity (Wildman–Crippen MR) is 61.4 cm³/mol. The first kappa shape index (κ1) is 11.9. The molecule has 1 heterocycles. The summed E-state index contributed by atoms with van der Waals surface area (Å²) in [5, 5.41) is 0. The van der Waals surface area contributed by atoms with Crippen LogP contribution < -0.4 is 10.6 Å². The predicted octanol–water partition coefficient (Wildman–Crippen LogP) is 0.939. The topological polar surface area (TPSA) is 72.1 Å². The summed E-state index contributed by atoms with van der Waals surface area (Å²) in [5.74, 6) is 0.299. The molecule has 0 aromatic carbocycles. The number of nitrogens with zero attached hydrogens (tertiary/aromatic N) is 3. The van der Waals surface area contributed by atoms with Crippen LogP contribution in [0.4, 0.5) is 5.82 Å². The van der Waals surface area contributed by atoms with Gasteiger partial charge in [-0.2, -0.15) is 0 Å². The highest BCUT2D eigenvalue weighted by molar-refractivity contribution is 9.10. The van der Waals surface area contributed by atoms with Crippen molar-refractivity contribution in [1.29, 1.82) is 0 Å². The van der Waals surface area contributed by atoms with Gasteiger partial charge < -0.3 is 10.6 Å². The molecule has 1 rings (SSSR count). The number of carbonyl (C=O) groups excluding carboxylic acids is 1.